The Hall–Kier alpha value is -1.82. The predicted molar refractivity (Wildman–Crippen MR) is 89.7 cm³/mol. The number of benzene rings is 1. The molecule has 2 aliphatic rings. The van der Waals surface area contributed by atoms with Crippen molar-refractivity contribution >= 4 is 11.7 Å². The molecule has 1 unspecified atom stereocenters. The van der Waals surface area contributed by atoms with Gasteiger partial charge in [0.2, 0.25) is 0 Å². The molecule has 2 N–H and O–H groups in total. The number of hydrogen-bond acceptors (Lipinski definition) is 3. The number of anilines is 1. The van der Waals surface area contributed by atoms with Crippen molar-refractivity contribution in [3.8, 4) is 5.75 Å². The Balaban J connectivity index is 1.64. The van der Waals surface area contributed by atoms with Gasteiger partial charge >= 0.3 is 6.03 Å². The van der Waals surface area contributed by atoms with Crippen LogP contribution in [0.4, 0.5) is 14.9 Å². The number of halogens is 1. The van der Waals surface area contributed by atoms with Crippen LogP contribution in [-0.4, -0.2) is 40.3 Å². The molecule has 5 nitrogen and oxygen atoms in total. The van der Waals surface area contributed by atoms with Gasteiger partial charge in [0, 0.05) is 18.3 Å². The van der Waals surface area contributed by atoms with Gasteiger partial charge in [-0.2, -0.15) is 0 Å². The van der Waals surface area contributed by atoms with Crippen molar-refractivity contribution in [2.45, 2.75) is 63.7 Å². The number of amides is 2. The Kier molecular flexibility index (Phi) is 4.67. The van der Waals surface area contributed by atoms with Crippen molar-refractivity contribution in [2.75, 3.05) is 11.9 Å². The summed E-state index contributed by atoms with van der Waals surface area (Å²) in [7, 11) is 0. The lowest BCUT2D eigenvalue weighted by Gasteiger charge is -2.33. The second-order valence-electron chi connectivity index (χ2n) is 7.25. The Labute approximate surface area is 141 Å². The normalized spacial score (nSPS) is 21.5. The van der Waals surface area contributed by atoms with E-state index in [2.05, 4.69) is 5.32 Å². The molecule has 1 heterocycles. The van der Waals surface area contributed by atoms with Gasteiger partial charge in [-0.3, -0.25) is 0 Å². The van der Waals surface area contributed by atoms with E-state index in [9.17, 15) is 14.3 Å². The van der Waals surface area contributed by atoms with Gasteiger partial charge in [-0.15, -0.1) is 0 Å². The van der Waals surface area contributed by atoms with Crippen LogP contribution in [0, 0.1) is 5.82 Å². The first-order valence-electron chi connectivity index (χ1n) is 8.61. The van der Waals surface area contributed by atoms with Crippen molar-refractivity contribution in [1.29, 1.82) is 0 Å². The van der Waals surface area contributed by atoms with E-state index in [0.717, 1.165) is 32.1 Å². The Morgan fingerprint density at radius 1 is 1.33 bits per heavy atom. The highest BCUT2D eigenvalue weighted by Gasteiger charge is 2.38. The number of carbonyl (C=O) groups excluding carboxylic acids is 1. The van der Waals surface area contributed by atoms with Gasteiger partial charge in [0.25, 0.3) is 0 Å². The minimum Gasteiger partial charge on any atom is -0.487 e. The van der Waals surface area contributed by atoms with E-state index in [1.54, 1.807) is 30.9 Å². The molecule has 1 aromatic carbocycles. The summed E-state index contributed by atoms with van der Waals surface area (Å²) in [6.07, 6.45) is 4.77. The fourth-order valence-electron chi connectivity index (χ4n) is 3.28. The van der Waals surface area contributed by atoms with E-state index >= 15 is 0 Å². The molecule has 0 spiro atoms. The van der Waals surface area contributed by atoms with Crippen LogP contribution in [0.15, 0.2) is 18.2 Å². The molecule has 2 amide bonds. The monoisotopic (exact) mass is 336 g/mol. The molecule has 6 heteroatoms. The van der Waals surface area contributed by atoms with Crippen LogP contribution in [0.5, 0.6) is 5.75 Å². The van der Waals surface area contributed by atoms with Gasteiger partial charge in [-0.05, 0) is 58.1 Å². The average molecular weight is 336 g/mol. The van der Waals surface area contributed by atoms with Gasteiger partial charge in [0.1, 0.15) is 0 Å². The number of urea groups is 1. The zero-order chi connectivity index (χ0) is 17.3. The summed E-state index contributed by atoms with van der Waals surface area (Å²) in [5.74, 6) is -0.242. The van der Waals surface area contributed by atoms with E-state index in [0.29, 0.717) is 12.2 Å². The maximum Gasteiger partial charge on any atom is 0.322 e. The van der Waals surface area contributed by atoms with Gasteiger partial charge in [0.05, 0.1) is 17.7 Å². The highest BCUT2D eigenvalue weighted by molar-refractivity contribution is 5.89. The van der Waals surface area contributed by atoms with E-state index in [-0.39, 0.29) is 23.9 Å². The third-order valence-electron chi connectivity index (χ3n) is 4.86. The van der Waals surface area contributed by atoms with Crippen molar-refractivity contribution in [1.82, 2.24) is 4.90 Å². The third-order valence-corrected chi connectivity index (χ3v) is 4.86. The summed E-state index contributed by atoms with van der Waals surface area (Å²) in [5, 5.41) is 12.9. The van der Waals surface area contributed by atoms with Crippen molar-refractivity contribution in [3.05, 3.63) is 24.0 Å². The SMILES string of the molecule is CC(C)(O)C1CCCN1C(=O)Nc1ccc(OC2CCC2)c(F)c1. The first kappa shape index (κ1) is 17.0. The summed E-state index contributed by atoms with van der Waals surface area (Å²) < 4.78 is 19.7. The molecule has 0 aromatic heterocycles. The highest BCUT2D eigenvalue weighted by Crippen LogP contribution is 2.30. The molecule has 1 atom stereocenters. The quantitative estimate of drug-likeness (QED) is 0.884. The average Bonchev–Trinajstić information content (AvgIpc) is 2.94. The lowest BCUT2D eigenvalue weighted by Crippen LogP contribution is -2.49. The molecule has 1 aliphatic carbocycles. The first-order valence-corrected chi connectivity index (χ1v) is 8.61. The number of hydrogen-bond donors (Lipinski definition) is 2. The highest BCUT2D eigenvalue weighted by atomic mass is 19.1. The lowest BCUT2D eigenvalue weighted by atomic mass is 9.96. The molecule has 1 aliphatic heterocycles. The summed E-state index contributed by atoms with van der Waals surface area (Å²) in [6.45, 7) is 4.00. The van der Waals surface area contributed by atoms with Crippen LogP contribution in [-0.2, 0) is 0 Å². The van der Waals surface area contributed by atoms with E-state index < -0.39 is 11.4 Å². The zero-order valence-electron chi connectivity index (χ0n) is 14.2. The standard InChI is InChI=1S/C18H25FN2O3/c1-18(2,23)16-7-4-10-21(16)17(22)20-12-8-9-15(14(19)11-12)24-13-5-3-6-13/h8-9,11,13,16,23H,3-7,10H2,1-2H3,(H,20,22). The number of aliphatic hydroxyl groups is 1. The van der Waals surface area contributed by atoms with Crippen LogP contribution in [0.25, 0.3) is 0 Å². The van der Waals surface area contributed by atoms with Crippen LogP contribution >= 0.6 is 0 Å². The lowest BCUT2D eigenvalue weighted by molar-refractivity contribution is 0.0117. The Bertz CT molecular complexity index is 611. The van der Waals surface area contributed by atoms with Crippen molar-refractivity contribution in [2.24, 2.45) is 0 Å². The molecule has 1 saturated carbocycles. The minimum absolute atomic E-state index is 0.108. The summed E-state index contributed by atoms with van der Waals surface area (Å²) >= 11 is 0. The van der Waals surface area contributed by atoms with Crippen LogP contribution in [0.2, 0.25) is 0 Å². The fourth-order valence-corrected chi connectivity index (χ4v) is 3.28. The Morgan fingerprint density at radius 3 is 2.67 bits per heavy atom. The van der Waals surface area contributed by atoms with Gasteiger partial charge in [-0.25, -0.2) is 9.18 Å². The summed E-state index contributed by atoms with van der Waals surface area (Å²) in [4.78, 5) is 14.1. The fraction of sp³-hybridized carbons (Fsp3) is 0.611. The van der Waals surface area contributed by atoms with Crippen LogP contribution in [0.3, 0.4) is 0 Å². The first-order chi connectivity index (χ1) is 11.3. The molecule has 3 rings (SSSR count). The number of carbonyl (C=O) groups is 1. The number of nitrogens with one attached hydrogen (secondary N) is 1. The topological polar surface area (TPSA) is 61.8 Å². The molecular weight excluding hydrogens is 311 g/mol. The molecular formula is C18H25FN2O3. The molecule has 2 fully saturated rings. The maximum absolute atomic E-state index is 14.1. The number of likely N-dealkylation sites (tertiary alicyclic amines) is 1. The van der Waals surface area contributed by atoms with Crippen LogP contribution < -0.4 is 10.1 Å². The largest absolute Gasteiger partial charge is 0.487 e. The van der Waals surface area contributed by atoms with Crippen molar-refractivity contribution < 1.29 is 19.0 Å². The molecule has 1 aromatic rings. The molecule has 132 valence electrons. The summed E-state index contributed by atoms with van der Waals surface area (Å²) in [5.41, 5.74) is -0.570. The molecule has 0 radical (unpaired) electrons. The minimum atomic E-state index is -0.959. The zero-order valence-corrected chi connectivity index (χ0v) is 14.2. The molecule has 1 saturated heterocycles. The third kappa shape index (κ3) is 3.64. The van der Waals surface area contributed by atoms with Gasteiger partial charge in [0.15, 0.2) is 11.6 Å². The second-order valence-corrected chi connectivity index (χ2v) is 7.25. The Morgan fingerprint density at radius 2 is 2.08 bits per heavy atom. The second kappa shape index (κ2) is 6.59. The molecule has 24 heavy (non-hydrogen) atoms. The molecule has 0 bridgehead atoms. The number of rotatable bonds is 4. The van der Waals surface area contributed by atoms with Gasteiger partial charge in [-0.1, -0.05) is 0 Å². The van der Waals surface area contributed by atoms with E-state index in [4.69, 9.17) is 4.74 Å². The van der Waals surface area contributed by atoms with E-state index in [1.165, 1.54) is 6.07 Å². The van der Waals surface area contributed by atoms with Crippen LogP contribution in [0.1, 0.15) is 46.0 Å². The summed E-state index contributed by atoms with van der Waals surface area (Å²) in [6, 6.07) is 3.93. The number of nitrogens with zero attached hydrogens (tertiary/aromatic N) is 1. The van der Waals surface area contributed by atoms with Gasteiger partial charge < -0.3 is 20.1 Å². The van der Waals surface area contributed by atoms with Crippen molar-refractivity contribution in [3.63, 3.8) is 0 Å². The maximum atomic E-state index is 14.1. The predicted octanol–water partition coefficient (Wildman–Crippen LogP) is 3.52. The number of ether oxygens (including phenoxy) is 1. The van der Waals surface area contributed by atoms with E-state index in [1.807, 2.05) is 0 Å². The smallest absolute Gasteiger partial charge is 0.322 e.